The van der Waals surface area contributed by atoms with Gasteiger partial charge in [-0.1, -0.05) is 50.4 Å². The maximum atomic E-state index is 12.7. The van der Waals surface area contributed by atoms with E-state index in [2.05, 4.69) is 36.3 Å². The van der Waals surface area contributed by atoms with E-state index in [4.69, 9.17) is 27.7 Å². The largest absolute Gasteiger partial charge is 0.352 e. The number of nitrogens with zero attached hydrogens (tertiary/aromatic N) is 3. The zero-order valence-electron chi connectivity index (χ0n) is 16.7. The lowest BCUT2D eigenvalue weighted by atomic mass is 9.97. The minimum Gasteiger partial charge on any atom is -0.352 e. The molecule has 0 aliphatic carbocycles. The third-order valence-corrected chi connectivity index (χ3v) is 6.39. The van der Waals surface area contributed by atoms with Crippen LogP contribution in [0.5, 0.6) is 0 Å². The van der Waals surface area contributed by atoms with Gasteiger partial charge in [-0.2, -0.15) is 4.98 Å². The molecule has 1 saturated heterocycles. The molecule has 1 aliphatic heterocycles. The summed E-state index contributed by atoms with van der Waals surface area (Å²) in [5.41, 5.74) is 1.74. The summed E-state index contributed by atoms with van der Waals surface area (Å²) in [7, 11) is 0. The van der Waals surface area contributed by atoms with Gasteiger partial charge in [-0.05, 0) is 61.3 Å². The van der Waals surface area contributed by atoms with Gasteiger partial charge in [-0.15, -0.1) is 0 Å². The molecular formula is C22H21BrCl2N4O2. The van der Waals surface area contributed by atoms with Crippen LogP contribution in [0.1, 0.15) is 24.3 Å². The molecule has 1 fully saturated rings. The van der Waals surface area contributed by atoms with Gasteiger partial charge in [0, 0.05) is 33.2 Å². The highest BCUT2D eigenvalue weighted by Crippen LogP contribution is 2.23. The molecule has 1 aromatic heterocycles. The summed E-state index contributed by atoms with van der Waals surface area (Å²) < 4.78 is 6.43. The molecule has 0 saturated carbocycles. The Bertz CT molecular complexity index is 1060. The molecular weight excluding hydrogens is 503 g/mol. The van der Waals surface area contributed by atoms with Gasteiger partial charge in [0.2, 0.25) is 17.6 Å². The van der Waals surface area contributed by atoms with Crippen LogP contribution in [0, 0.1) is 5.92 Å². The highest BCUT2D eigenvalue weighted by atomic mass is 79.9. The number of piperidine rings is 1. The fourth-order valence-corrected chi connectivity index (χ4v) is 4.37. The molecule has 6 nitrogen and oxygen atoms in total. The van der Waals surface area contributed by atoms with Crippen molar-refractivity contribution in [2.24, 2.45) is 5.92 Å². The molecule has 1 atom stereocenters. The third-order valence-electron chi connectivity index (χ3n) is 5.27. The summed E-state index contributed by atoms with van der Waals surface area (Å²) in [6.07, 6.45) is 1.79. The van der Waals surface area contributed by atoms with E-state index in [9.17, 15) is 4.79 Å². The van der Waals surface area contributed by atoms with E-state index in [-0.39, 0.29) is 11.8 Å². The van der Waals surface area contributed by atoms with Crippen molar-refractivity contribution in [1.82, 2.24) is 20.4 Å². The number of carbonyl (C=O) groups is 1. The minimum absolute atomic E-state index is 0.0248. The van der Waals surface area contributed by atoms with Gasteiger partial charge in [0.15, 0.2) is 0 Å². The fourth-order valence-electron chi connectivity index (χ4n) is 3.63. The van der Waals surface area contributed by atoms with E-state index in [1.54, 1.807) is 12.1 Å². The second-order valence-electron chi connectivity index (χ2n) is 7.55. The SMILES string of the molecule is O=C(NCc1ccc(Cl)cc1Cl)C1CCCN(Cc2nc(-c3ccc(Br)cc3)no2)C1. The zero-order valence-corrected chi connectivity index (χ0v) is 19.8. The number of rotatable bonds is 6. The first-order valence-corrected chi connectivity index (χ1v) is 11.6. The zero-order chi connectivity index (χ0) is 21.8. The van der Waals surface area contributed by atoms with Gasteiger partial charge in [-0.3, -0.25) is 9.69 Å². The maximum Gasteiger partial charge on any atom is 0.241 e. The summed E-state index contributed by atoms with van der Waals surface area (Å²) in [5, 5.41) is 8.21. The third kappa shape index (κ3) is 5.86. The van der Waals surface area contributed by atoms with Gasteiger partial charge >= 0.3 is 0 Å². The van der Waals surface area contributed by atoms with Crippen molar-refractivity contribution in [2.45, 2.75) is 25.9 Å². The molecule has 1 aliphatic rings. The molecule has 0 bridgehead atoms. The number of amides is 1. The van der Waals surface area contributed by atoms with Crippen molar-refractivity contribution in [3.05, 3.63) is 68.4 Å². The Morgan fingerprint density at radius 2 is 2.03 bits per heavy atom. The quantitative estimate of drug-likeness (QED) is 0.472. The first-order valence-electron chi connectivity index (χ1n) is 10.0. The Balaban J connectivity index is 1.32. The maximum absolute atomic E-state index is 12.7. The number of halogens is 3. The van der Waals surface area contributed by atoms with Crippen LogP contribution in [0.3, 0.4) is 0 Å². The second-order valence-corrected chi connectivity index (χ2v) is 9.31. The van der Waals surface area contributed by atoms with Gasteiger partial charge in [0.05, 0.1) is 12.5 Å². The molecule has 2 aromatic carbocycles. The van der Waals surface area contributed by atoms with E-state index in [1.807, 2.05) is 30.3 Å². The van der Waals surface area contributed by atoms with Crippen LogP contribution in [-0.2, 0) is 17.9 Å². The van der Waals surface area contributed by atoms with Crippen molar-refractivity contribution in [3.8, 4) is 11.4 Å². The first kappa shape index (κ1) is 22.3. The van der Waals surface area contributed by atoms with E-state index in [0.717, 1.165) is 35.0 Å². The number of nitrogens with one attached hydrogen (secondary N) is 1. The van der Waals surface area contributed by atoms with Gasteiger partial charge in [-0.25, -0.2) is 0 Å². The standard InChI is InChI=1S/C22H21BrCl2N4O2/c23-17-6-3-14(4-7-17)21-27-20(31-28-21)13-29-9-1-2-16(12-29)22(30)26-11-15-5-8-18(24)10-19(15)25/h3-8,10,16H,1-2,9,11-13H2,(H,26,30). The topological polar surface area (TPSA) is 71.3 Å². The first-order chi connectivity index (χ1) is 15.0. The summed E-state index contributed by atoms with van der Waals surface area (Å²) >= 11 is 15.5. The second kappa shape index (κ2) is 10.1. The van der Waals surface area contributed by atoms with Gasteiger partial charge in [0.1, 0.15) is 0 Å². The van der Waals surface area contributed by atoms with Crippen LogP contribution in [0.25, 0.3) is 11.4 Å². The van der Waals surface area contributed by atoms with Crippen LogP contribution in [0.4, 0.5) is 0 Å². The van der Waals surface area contributed by atoms with E-state index in [1.165, 1.54) is 0 Å². The molecule has 3 aromatic rings. The average molecular weight is 524 g/mol. The summed E-state index contributed by atoms with van der Waals surface area (Å²) in [6, 6.07) is 13.0. The lowest BCUT2D eigenvalue weighted by Gasteiger charge is -2.30. The van der Waals surface area contributed by atoms with Gasteiger partial charge < -0.3 is 9.84 Å². The summed E-state index contributed by atoms with van der Waals surface area (Å²) in [4.78, 5) is 19.4. The lowest BCUT2D eigenvalue weighted by molar-refractivity contribution is -0.127. The monoisotopic (exact) mass is 522 g/mol. The molecule has 2 heterocycles. The normalized spacial score (nSPS) is 16.9. The minimum atomic E-state index is -0.0892. The molecule has 9 heteroatoms. The van der Waals surface area contributed by atoms with E-state index in [0.29, 0.717) is 41.4 Å². The number of aromatic nitrogens is 2. The average Bonchev–Trinajstić information content (AvgIpc) is 3.22. The highest BCUT2D eigenvalue weighted by molar-refractivity contribution is 9.10. The Morgan fingerprint density at radius 3 is 2.81 bits per heavy atom. The smallest absolute Gasteiger partial charge is 0.241 e. The molecule has 162 valence electrons. The van der Waals surface area contributed by atoms with Crippen LogP contribution in [0.2, 0.25) is 10.0 Å². The van der Waals surface area contributed by atoms with Crippen LogP contribution in [0.15, 0.2) is 51.5 Å². The molecule has 1 unspecified atom stereocenters. The lowest BCUT2D eigenvalue weighted by Crippen LogP contribution is -2.42. The number of hydrogen-bond donors (Lipinski definition) is 1. The van der Waals surface area contributed by atoms with Crippen molar-refractivity contribution < 1.29 is 9.32 Å². The molecule has 31 heavy (non-hydrogen) atoms. The predicted octanol–water partition coefficient (Wildman–Crippen LogP) is 5.33. The molecule has 1 N–H and O–H groups in total. The van der Waals surface area contributed by atoms with Crippen molar-refractivity contribution in [2.75, 3.05) is 13.1 Å². The summed E-state index contributed by atoms with van der Waals surface area (Å²) in [5.74, 6) is 1.05. The number of hydrogen-bond acceptors (Lipinski definition) is 5. The molecule has 0 spiro atoms. The van der Waals surface area contributed by atoms with Crippen molar-refractivity contribution >= 4 is 45.0 Å². The number of carbonyl (C=O) groups excluding carboxylic acids is 1. The Hall–Kier alpha value is -1.93. The Morgan fingerprint density at radius 1 is 1.23 bits per heavy atom. The van der Waals surface area contributed by atoms with Gasteiger partial charge in [0.25, 0.3) is 0 Å². The van der Waals surface area contributed by atoms with E-state index < -0.39 is 0 Å². The Kier molecular flexibility index (Phi) is 7.27. The molecule has 0 radical (unpaired) electrons. The van der Waals surface area contributed by atoms with Crippen LogP contribution >= 0.6 is 39.1 Å². The summed E-state index contributed by atoms with van der Waals surface area (Å²) in [6.45, 7) is 2.45. The van der Waals surface area contributed by atoms with Crippen LogP contribution in [-0.4, -0.2) is 34.0 Å². The van der Waals surface area contributed by atoms with Crippen LogP contribution < -0.4 is 5.32 Å². The van der Waals surface area contributed by atoms with Crippen molar-refractivity contribution in [1.29, 1.82) is 0 Å². The number of likely N-dealkylation sites (tertiary alicyclic amines) is 1. The van der Waals surface area contributed by atoms with Crippen molar-refractivity contribution in [3.63, 3.8) is 0 Å². The number of benzene rings is 2. The Labute approximate surface area is 199 Å². The fraction of sp³-hybridized carbons (Fsp3) is 0.318. The highest BCUT2D eigenvalue weighted by Gasteiger charge is 2.27. The predicted molar refractivity (Wildman–Crippen MR) is 124 cm³/mol. The molecule has 1 amide bonds. The van der Waals surface area contributed by atoms with E-state index >= 15 is 0 Å². The molecule has 4 rings (SSSR count).